The second kappa shape index (κ2) is 7.94. The fraction of sp³-hybridized carbons (Fsp3) is 0.625. The first-order valence-electron chi connectivity index (χ1n) is 8.22. The fourth-order valence-electron chi connectivity index (χ4n) is 2.80. The summed E-state index contributed by atoms with van der Waals surface area (Å²) in [4.78, 5) is 18.1. The van der Waals surface area contributed by atoms with Gasteiger partial charge in [-0.3, -0.25) is 4.79 Å². The number of pyridine rings is 1. The Morgan fingerprint density at radius 2 is 2.17 bits per heavy atom. The third kappa shape index (κ3) is 4.67. The van der Waals surface area contributed by atoms with E-state index < -0.39 is 10.0 Å². The second-order valence-electron chi connectivity index (χ2n) is 6.32. The maximum Gasteiger partial charge on any atom is 0.251 e. The van der Waals surface area contributed by atoms with E-state index in [1.807, 2.05) is 21.0 Å². The molecule has 1 unspecified atom stereocenters. The Kier molecular flexibility index (Phi) is 6.17. The summed E-state index contributed by atoms with van der Waals surface area (Å²) in [7, 11) is 0.353. The lowest BCUT2D eigenvalue weighted by Gasteiger charge is -2.32. The molecule has 0 radical (unpaired) electrons. The SMILES string of the molecule is CC1CCCCN1S(=O)(=O)CCNC(=O)c1ccnc(N(C)C)c1. The summed E-state index contributed by atoms with van der Waals surface area (Å²) in [6.07, 6.45) is 4.44. The van der Waals surface area contributed by atoms with E-state index in [9.17, 15) is 13.2 Å². The first kappa shape index (κ1) is 18.7. The van der Waals surface area contributed by atoms with Crippen molar-refractivity contribution in [2.24, 2.45) is 0 Å². The highest BCUT2D eigenvalue weighted by atomic mass is 32.2. The van der Waals surface area contributed by atoms with E-state index in [0.717, 1.165) is 19.3 Å². The van der Waals surface area contributed by atoms with E-state index in [4.69, 9.17) is 0 Å². The number of carbonyl (C=O) groups excluding carboxylic acids is 1. The molecule has 2 rings (SSSR count). The van der Waals surface area contributed by atoms with E-state index >= 15 is 0 Å². The standard InChI is InChI=1S/C16H26N4O3S/c1-13-6-4-5-10-20(13)24(22,23)11-9-18-16(21)14-7-8-17-15(12-14)19(2)3/h7-8,12-13H,4-6,9-11H2,1-3H3,(H,18,21). The average molecular weight is 354 g/mol. The fourth-order valence-corrected chi connectivity index (χ4v) is 4.46. The minimum atomic E-state index is -3.33. The van der Waals surface area contributed by atoms with Gasteiger partial charge in [0.15, 0.2) is 0 Å². The predicted molar refractivity (Wildman–Crippen MR) is 94.7 cm³/mol. The third-order valence-corrected chi connectivity index (χ3v) is 6.19. The summed E-state index contributed by atoms with van der Waals surface area (Å²) < 4.78 is 26.4. The number of nitrogens with one attached hydrogen (secondary N) is 1. The van der Waals surface area contributed by atoms with Crippen LogP contribution in [0.15, 0.2) is 18.3 Å². The molecular formula is C16H26N4O3S. The van der Waals surface area contributed by atoms with Crippen molar-refractivity contribution in [1.29, 1.82) is 0 Å². The third-order valence-electron chi connectivity index (χ3n) is 4.21. The van der Waals surface area contributed by atoms with Crippen molar-refractivity contribution in [1.82, 2.24) is 14.6 Å². The first-order chi connectivity index (χ1) is 11.3. The van der Waals surface area contributed by atoms with Crippen molar-refractivity contribution in [2.75, 3.05) is 37.8 Å². The van der Waals surface area contributed by atoms with Crippen molar-refractivity contribution < 1.29 is 13.2 Å². The van der Waals surface area contributed by atoms with Gasteiger partial charge < -0.3 is 10.2 Å². The molecule has 1 atom stereocenters. The largest absolute Gasteiger partial charge is 0.363 e. The number of carbonyl (C=O) groups is 1. The monoisotopic (exact) mass is 354 g/mol. The molecule has 8 heteroatoms. The number of amides is 1. The maximum absolute atomic E-state index is 12.4. The Bertz CT molecular complexity index is 676. The van der Waals surface area contributed by atoms with Crippen LogP contribution in [0.25, 0.3) is 0 Å². The zero-order valence-corrected chi connectivity index (χ0v) is 15.3. The Balaban J connectivity index is 1.91. The van der Waals surface area contributed by atoms with Crippen molar-refractivity contribution in [2.45, 2.75) is 32.2 Å². The molecule has 24 heavy (non-hydrogen) atoms. The van der Waals surface area contributed by atoms with Crippen LogP contribution in [0.5, 0.6) is 0 Å². The lowest BCUT2D eigenvalue weighted by molar-refractivity contribution is 0.0956. The lowest BCUT2D eigenvalue weighted by atomic mass is 10.1. The molecule has 1 amide bonds. The van der Waals surface area contributed by atoms with E-state index in [1.165, 1.54) is 0 Å². The van der Waals surface area contributed by atoms with Crippen LogP contribution in [0.3, 0.4) is 0 Å². The van der Waals surface area contributed by atoms with Crippen molar-refractivity contribution in [3.8, 4) is 0 Å². The molecule has 2 heterocycles. The first-order valence-corrected chi connectivity index (χ1v) is 9.83. The number of hydrogen-bond donors (Lipinski definition) is 1. The van der Waals surface area contributed by atoms with Crippen molar-refractivity contribution >= 4 is 21.7 Å². The molecule has 1 fully saturated rings. The number of nitrogens with zero attached hydrogens (tertiary/aromatic N) is 3. The van der Waals surface area contributed by atoms with E-state index in [-0.39, 0.29) is 24.2 Å². The highest BCUT2D eigenvalue weighted by Crippen LogP contribution is 2.20. The predicted octanol–water partition coefficient (Wildman–Crippen LogP) is 1.08. The van der Waals surface area contributed by atoms with Crippen LogP contribution < -0.4 is 10.2 Å². The van der Waals surface area contributed by atoms with Crippen LogP contribution in [0.4, 0.5) is 5.82 Å². The molecule has 1 aromatic heterocycles. The molecular weight excluding hydrogens is 328 g/mol. The summed E-state index contributed by atoms with van der Waals surface area (Å²) in [6, 6.07) is 3.34. The van der Waals surface area contributed by atoms with Crippen LogP contribution in [0, 0.1) is 0 Å². The zero-order chi connectivity index (χ0) is 17.7. The molecule has 0 aliphatic carbocycles. The molecule has 1 N–H and O–H groups in total. The number of rotatable bonds is 6. The van der Waals surface area contributed by atoms with Crippen LogP contribution >= 0.6 is 0 Å². The van der Waals surface area contributed by atoms with Gasteiger partial charge in [0.1, 0.15) is 5.82 Å². The number of piperidine rings is 1. The zero-order valence-electron chi connectivity index (χ0n) is 14.5. The molecule has 0 spiro atoms. The highest BCUT2D eigenvalue weighted by Gasteiger charge is 2.29. The van der Waals surface area contributed by atoms with Gasteiger partial charge in [-0.25, -0.2) is 13.4 Å². The molecule has 0 saturated carbocycles. The average Bonchev–Trinajstić information content (AvgIpc) is 2.55. The van der Waals surface area contributed by atoms with Crippen LogP contribution in [0.1, 0.15) is 36.5 Å². The van der Waals surface area contributed by atoms with Gasteiger partial charge in [0.05, 0.1) is 5.75 Å². The normalized spacial score (nSPS) is 19.0. The molecule has 0 bridgehead atoms. The van der Waals surface area contributed by atoms with Gasteiger partial charge in [-0.1, -0.05) is 6.42 Å². The van der Waals surface area contributed by atoms with Crippen LogP contribution in [-0.2, 0) is 10.0 Å². The number of hydrogen-bond acceptors (Lipinski definition) is 5. The van der Waals surface area contributed by atoms with E-state index in [1.54, 1.807) is 27.5 Å². The Morgan fingerprint density at radius 3 is 2.83 bits per heavy atom. The lowest BCUT2D eigenvalue weighted by Crippen LogP contribution is -2.45. The van der Waals surface area contributed by atoms with Gasteiger partial charge in [-0.15, -0.1) is 0 Å². The van der Waals surface area contributed by atoms with Crippen molar-refractivity contribution in [3.05, 3.63) is 23.9 Å². The number of aromatic nitrogens is 1. The molecule has 0 aromatic carbocycles. The quantitative estimate of drug-likeness (QED) is 0.827. The summed E-state index contributed by atoms with van der Waals surface area (Å²) >= 11 is 0. The Morgan fingerprint density at radius 1 is 1.42 bits per heavy atom. The van der Waals surface area contributed by atoms with Gasteiger partial charge in [0, 0.05) is 45.0 Å². The minimum absolute atomic E-state index is 0.0438. The van der Waals surface area contributed by atoms with Crippen LogP contribution in [-0.4, -0.2) is 62.6 Å². The number of anilines is 1. The van der Waals surface area contributed by atoms with Gasteiger partial charge in [0.25, 0.3) is 5.91 Å². The summed E-state index contributed by atoms with van der Waals surface area (Å²) in [5.74, 6) is 0.314. The molecule has 1 saturated heterocycles. The minimum Gasteiger partial charge on any atom is -0.363 e. The molecule has 1 aromatic rings. The number of sulfonamides is 1. The molecule has 1 aliphatic heterocycles. The summed E-state index contributed by atoms with van der Waals surface area (Å²) in [5.41, 5.74) is 0.470. The van der Waals surface area contributed by atoms with Gasteiger partial charge in [-0.2, -0.15) is 4.31 Å². The second-order valence-corrected chi connectivity index (χ2v) is 8.37. The highest BCUT2D eigenvalue weighted by molar-refractivity contribution is 7.89. The van der Waals surface area contributed by atoms with E-state index in [2.05, 4.69) is 10.3 Å². The Labute approximate surface area is 144 Å². The maximum atomic E-state index is 12.4. The Hall–Kier alpha value is -1.67. The van der Waals surface area contributed by atoms with Gasteiger partial charge >= 0.3 is 0 Å². The van der Waals surface area contributed by atoms with Gasteiger partial charge in [-0.05, 0) is 31.9 Å². The summed E-state index contributed by atoms with van der Waals surface area (Å²) in [6.45, 7) is 2.62. The van der Waals surface area contributed by atoms with Gasteiger partial charge in [0.2, 0.25) is 10.0 Å². The van der Waals surface area contributed by atoms with Crippen molar-refractivity contribution in [3.63, 3.8) is 0 Å². The van der Waals surface area contributed by atoms with E-state index in [0.29, 0.717) is 17.9 Å². The molecule has 1 aliphatic rings. The smallest absolute Gasteiger partial charge is 0.251 e. The molecule has 134 valence electrons. The molecule has 7 nitrogen and oxygen atoms in total. The topological polar surface area (TPSA) is 82.6 Å². The van der Waals surface area contributed by atoms with Crippen LogP contribution in [0.2, 0.25) is 0 Å². The summed E-state index contributed by atoms with van der Waals surface area (Å²) in [5, 5.41) is 2.68.